The fraction of sp³-hybridized carbons (Fsp3) is 0.391. The first-order chi connectivity index (χ1) is 16.3. The maximum atomic E-state index is 14.0. The number of nitrogens with one attached hydrogen (secondary N) is 2. The number of ether oxygens (including phenoxy) is 1. The van der Waals surface area contributed by atoms with Gasteiger partial charge in [0.05, 0.1) is 25.5 Å². The molecule has 1 fully saturated rings. The van der Waals surface area contributed by atoms with Gasteiger partial charge in [0.15, 0.2) is 23.2 Å². The summed E-state index contributed by atoms with van der Waals surface area (Å²) < 4.78 is 34.2. The molecular weight excluding hydrogens is 444 g/mol. The van der Waals surface area contributed by atoms with Crippen LogP contribution in [-0.4, -0.2) is 45.9 Å². The standard InChI is InChI=1S/C23H25F2N7O2/c1-12-18-21(31(2)19(15-4-5-15)22(33)29-18)30-23(28-12)26-8-14-9-27-32(11-14)10-13-6-16(24)20(34-3)17(25)7-13/h6-7,9,11,15,19H,4-5,8,10H2,1-3H3,(H,29,33)(H,26,28,30)/t19-/m0/s1. The molecule has 5 rings (SSSR count). The first-order valence-electron chi connectivity index (χ1n) is 11.0. The van der Waals surface area contributed by atoms with Gasteiger partial charge in [-0.1, -0.05) is 0 Å². The number of aryl methyl sites for hydroxylation is 1. The summed E-state index contributed by atoms with van der Waals surface area (Å²) in [5.41, 5.74) is 2.61. The number of hydrogen-bond donors (Lipinski definition) is 2. The number of carbonyl (C=O) groups excluding carboxylic acids is 1. The van der Waals surface area contributed by atoms with E-state index in [4.69, 9.17) is 4.74 Å². The number of rotatable bonds is 7. The molecule has 1 aliphatic carbocycles. The lowest BCUT2D eigenvalue weighted by Gasteiger charge is -2.35. The lowest BCUT2D eigenvalue weighted by molar-refractivity contribution is -0.118. The van der Waals surface area contributed by atoms with Gasteiger partial charge in [0.25, 0.3) is 0 Å². The molecule has 1 saturated carbocycles. The lowest BCUT2D eigenvalue weighted by Crippen LogP contribution is -2.48. The predicted octanol–water partition coefficient (Wildman–Crippen LogP) is 3.10. The van der Waals surface area contributed by atoms with Crippen molar-refractivity contribution in [1.29, 1.82) is 0 Å². The van der Waals surface area contributed by atoms with Gasteiger partial charge in [-0.3, -0.25) is 9.48 Å². The first-order valence-corrected chi connectivity index (χ1v) is 11.0. The Hall–Kier alpha value is -3.76. The topological polar surface area (TPSA) is 97.2 Å². The van der Waals surface area contributed by atoms with Gasteiger partial charge in [0.1, 0.15) is 11.7 Å². The van der Waals surface area contributed by atoms with Gasteiger partial charge >= 0.3 is 0 Å². The third-order valence-corrected chi connectivity index (χ3v) is 6.15. The SMILES string of the molecule is COc1c(F)cc(Cn2cc(CNc3nc(C)c4c(n3)N(C)[C@@H](C3CC3)C(=O)N4)cn2)cc1F. The zero-order valence-corrected chi connectivity index (χ0v) is 19.1. The van der Waals surface area contributed by atoms with Crippen LogP contribution in [0.2, 0.25) is 0 Å². The number of carbonyl (C=O) groups is 1. The van der Waals surface area contributed by atoms with E-state index >= 15 is 0 Å². The highest BCUT2D eigenvalue weighted by molar-refractivity contribution is 6.03. The van der Waals surface area contributed by atoms with E-state index in [2.05, 4.69) is 25.7 Å². The third-order valence-electron chi connectivity index (χ3n) is 6.15. The molecule has 178 valence electrons. The van der Waals surface area contributed by atoms with E-state index in [1.165, 1.54) is 19.2 Å². The van der Waals surface area contributed by atoms with Gasteiger partial charge in [-0.25, -0.2) is 13.8 Å². The van der Waals surface area contributed by atoms with Crippen LogP contribution in [0.25, 0.3) is 0 Å². The highest BCUT2D eigenvalue weighted by atomic mass is 19.1. The molecular formula is C23H25F2N7O2. The molecule has 2 aliphatic rings. The monoisotopic (exact) mass is 469 g/mol. The number of amides is 1. The smallest absolute Gasteiger partial charge is 0.247 e. The highest BCUT2D eigenvalue weighted by Crippen LogP contribution is 2.41. The largest absolute Gasteiger partial charge is 0.491 e. The number of methoxy groups -OCH3 is 1. The van der Waals surface area contributed by atoms with Crippen molar-refractivity contribution in [2.45, 2.75) is 38.9 Å². The molecule has 9 nitrogen and oxygen atoms in total. The molecule has 1 aromatic carbocycles. The zero-order chi connectivity index (χ0) is 24.0. The Kier molecular flexibility index (Phi) is 5.54. The van der Waals surface area contributed by atoms with E-state index in [1.807, 2.05) is 18.9 Å². The minimum absolute atomic E-state index is 0.00561. The van der Waals surface area contributed by atoms with Crippen LogP contribution in [-0.2, 0) is 17.9 Å². The molecule has 3 heterocycles. The van der Waals surface area contributed by atoms with E-state index in [0.29, 0.717) is 41.2 Å². The fourth-order valence-electron chi connectivity index (χ4n) is 4.34. The molecule has 1 amide bonds. The van der Waals surface area contributed by atoms with Crippen molar-refractivity contribution in [1.82, 2.24) is 19.7 Å². The van der Waals surface area contributed by atoms with Crippen molar-refractivity contribution < 1.29 is 18.3 Å². The van der Waals surface area contributed by atoms with Crippen LogP contribution in [0.5, 0.6) is 5.75 Å². The molecule has 11 heteroatoms. The highest BCUT2D eigenvalue weighted by Gasteiger charge is 2.43. The van der Waals surface area contributed by atoms with Crippen molar-refractivity contribution in [3.05, 3.63) is 53.0 Å². The molecule has 34 heavy (non-hydrogen) atoms. The first kappa shape index (κ1) is 22.1. The normalized spacial score (nSPS) is 17.4. The van der Waals surface area contributed by atoms with E-state index in [-0.39, 0.29) is 18.5 Å². The average Bonchev–Trinajstić information content (AvgIpc) is 3.51. The van der Waals surface area contributed by atoms with Crippen LogP contribution in [0, 0.1) is 24.5 Å². The summed E-state index contributed by atoms with van der Waals surface area (Å²) in [7, 11) is 3.12. The second-order valence-corrected chi connectivity index (χ2v) is 8.71. The van der Waals surface area contributed by atoms with Crippen LogP contribution >= 0.6 is 0 Å². The number of halogens is 2. The van der Waals surface area contributed by atoms with Crippen molar-refractivity contribution >= 4 is 23.4 Å². The van der Waals surface area contributed by atoms with Crippen LogP contribution in [0.1, 0.15) is 29.7 Å². The molecule has 0 unspecified atom stereocenters. The summed E-state index contributed by atoms with van der Waals surface area (Å²) in [4.78, 5) is 23.6. The van der Waals surface area contributed by atoms with Gasteiger partial charge in [-0.2, -0.15) is 10.1 Å². The van der Waals surface area contributed by atoms with Crippen LogP contribution in [0.3, 0.4) is 0 Å². The van der Waals surface area contributed by atoms with Gasteiger partial charge in [-0.15, -0.1) is 0 Å². The minimum Gasteiger partial charge on any atom is -0.491 e. The zero-order valence-electron chi connectivity index (χ0n) is 19.1. The summed E-state index contributed by atoms with van der Waals surface area (Å²) in [6, 6.07) is 2.26. The number of likely N-dealkylation sites (N-methyl/N-ethyl adjacent to an activating group) is 1. The molecule has 1 atom stereocenters. The van der Waals surface area contributed by atoms with Gasteiger partial charge < -0.3 is 20.3 Å². The number of fused-ring (bicyclic) bond motifs is 1. The maximum absolute atomic E-state index is 14.0. The number of nitrogens with zero attached hydrogens (tertiary/aromatic N) is 5. The van der Waals surface area contributed by atoms with Crippen molar-refractivity contribution in [2.24, 2.45) is 5.92 Å². The number of aromatic nitrogens is 4. The van der Waals surface area contributed by atoms with E-state index in [9.17, 15) is 13.6 Å². The van der Waals surface area contributed by atoms with Gasteiger partial charge in [0, 0.05) is 25.4 Å². The summed E-state index contributed by atoms with van der Waals surface area (Å²) in [5, 5.41) is 10.4. The second-order valence-electron chi connectivity index (χ2n) is 8.71. The number of benzene rings is 1. The molecule has 0 spiro atoms. The van der Waals surface area contributed by atoms with E-state index in [1.54, 1.807) is 17.1 Å². The van der Waals surface area contributed by atoms with E-state index < -0.39 is 17.4 Å². The molecule has 2 aromatic heterocycles. The number of hydrogen-bond acceptors (Lipinski definition) is 7. The third kappa shape index (κ3) is 4.13. The Morgan fingerprint density at radius 2 is 1.94 bits per heavy atom. The van der Waals surface area contributed by atoms with Crippen molar-refractivity contribution in [3.63, 3.8) is 0 Å². The predicted molar refractivity (Wildman–Crippen MR) is 122 cm³/mol. The van der Waals surface area contributed by atoms with E-state index in [0.717, 1.165) is 18.4 Å². The lowest BCUT2D eigenvalue weighted by atomic mass is 10.1. The Labute approximate surface area is 195 Å². The minimum atomic E-state index is -0.753. The van der Waals surface area contributed by atoms with Gasteiger partial charge in [-0.05, 0) is 43.4 Å². The Morgan fingerprint density at radius 3 is 2.62 bits per heavy atom. The Bertz CT molecular complexity index is 1240. The molecule has 1 aliphatic heterocycles. The second kappa shape index (κ2) is 8.54. The van der Waals surface area contributed by atoms with Crippen molar-refractivity contribution in [2.75, 3.05) is 29.7 Å². The maximum Gasteiger partial charge on any atom is 0.247 e. The Balaban J connectivity index is 1.28. The molecule has 0 saturated heterocycles. The summed E-state index contributed by atoms with van der Waals surface area (Å²) in [5.74, 6) is -0.403. The molecule has 0 bridgehead atoms. The quantitative estimate of drug-likeness (QED) is 0.549. The summed E-state index contributed by atoms with van der Waals surface area (Å²) in [6.45, 7) is 2.45. The Morgan fingerprint density at radius 1 is 1.21 bits per heavy atom. The van der Waals surface area contributed by atoms with Gasteiger partial charge in [0.2, 0.25) is 11.9 Å². The molecule has 0 radical (unpaired) electrons. The fourth-order valence-corrected chi connectivity index (χ4v) is 4.34. The summed E-state index contributed by atoms with van der Waals surface area (Å²) in [6.07, 6.45) is 5.55. The number of anilines is 3. The van der Waals surface area contributed by atoms with Crippen LogP contribution in [0.4, 0.5) is 26.2 Å². The molecule has 2 N–H and O–H groups in total. The van der Waals surface area contributed by atoms with Crippen LogP contribution in [0.15, 0.2) is 24.5 Å². The van der Waals surface area contributed by atoms with Crippen LogP contribution < -0.4 is 20.3 Å². The van der Waals surface area contributed by atoms with Crippen molar-refractivity contribution in [3.8, 4) is 5.75 Å². The average molecular weight is 469 g/mol. The summed E-state index contributed by atoms with van der Waals surface area (Å²) >= 11 is 0. The molecule has 3 aromatic rings.